The van der Waals surface area contributed by atoms with Gasteiger partial charge in [-0.05, 0) is 19.3 Å². The van der Waals surface area contributed by atoms with Gasteiger partial charge in [-0.1, -0.05) is 0 Å². The Kier molecular flexibility index (Phi) is 4.18. The van der Waals surface area contributed by atoms with Crippen molar-refractivity contribution in [3.63, 3.8) is 0 Å². The van der Waals surface area contributed by atoms with Crippen LogP contribution in [0.4, 0.5) is 0 Å². The summed E-state index contributed by atoms with van der Waals surface area (Å²) in [5.41, 5.74) is 0. The maximum Gasteiger partial charge on any atom is 0.214 e. The maximum atomic E-state index is 11.5. The number of nitrogens with zero attached hydrogens (tertiary/aromatic N) is 1. The second-order valence-corrected chi connectivity index (χ2v) is 6.50. The molecule has 2 heterocycles. The highest BCUT2D eigenvalue weighted by atomic mass is 32.2. The predicted molar refractivity (Wildman–Crippen MR) is 61.8 cm³/mol. The number of hydrogen-bond donors (Lipinski definition) is 1. The summed E-state index contributed by atoms with van der Waals surface area (Å²) in [4.78, 5) is 0. The highest BCUT2D eigenvalue weighted by Crippen LogP contribution is 2.12. The van der Waals surface area contributed by atoms with Gasteiger partial charge in [0.1, 0.15) is 0 Å². The fourth-order valence-corrected chi connectivity index (χ4v) is 3.74. The van der Waals surface area contributed by atoms with Gasteiger partial charge in [-0.25, -0.2) is 12.7 Å². The Hall–Kier alpha value is -0.170. The van der Waals surface area contributed by atoms with E-state index in [0.29, 0.717) is 24.9 Å². The van der Waals surface area contributed by atoms with E-state index in [-0.39, 0.29) is 0 Å². The topological polar surface area (TPSA) is 58.6 Å². The number of nitrogens with one attached hydrogen (secondary N) is 1. The van der Waals surface area contributed by atoms with Crippen molar-refractivity contribution in [1.82, 2.24) is 9.62 Å². The van der Waals surface area contributed by atoms with Gasteiger partial charge in [0.05, 0.1) is 11.9 Å². The normalized spacial score (nSPS) is 29.9. The molecule has 0 bridgehead atoms. The van der Waals surface area contributed by atoms with Crippen molar-refractivity contribution in [2.45, 2.75) is 25.4 Å². The van der Waals surface area contributed by atoms with Crippen molar-refractivity contribution < 1.29 is 13.2 Å². The minimum atomic E-state index is -2.92. The summed E-state index contributed by atoms with van der Waals surface area (Å²) in [5.74, 6) is 0.318. The molecule has 2 aliphatic heterocycles. The molecule has 5 nitrogen and oxygen atoms in total. The van der Waals surface area contributed by atoms with Crippen LogP contribution in [0.25, 0.3) is 0 Å². The van der Waals surface area contributed by atoms with Crippen molar-refractivity contribution in [2.24, 2.45) is 0 Å². The fraction of sp³-hybridized carbons (Fsp3) is 1.00. The third kappa shape index (κ3) is 3.16. The first-order chi connectivity index (χ1) is 7.68. The zero-order valence-corrected chi connectivity index (χ0v) is 10.3. The van der Waals surface area contributed by atoms with Crippen LogP contribution in [0.15, 0.2) is 0 Å². The molecule has 2 fully saturated rings. The molecule has 1 unspecified atom stereocenters. The van der Waals surface area contributed by atoms with Crippen molar-refractivity contribution in [3.05, 3.63) is 0 Å². The Labute approximate surface area is 97.2 Å². The van der Waals surface area contributed by atoms with Gasteiger partial charge in [-0.15, -0.1) is 0 Å². The van der Waals surface area contributed by atoms with E-state index < -0.39 is 10.0 Å². The minimum Gasteiger partial charge on any atom is -0.377 e. The molecule has 6 heteroatoms. The monoisotopic (exact) mass is 248 g/mol. The molecule has 94 valence electrons. The predicted octanol–water partition coefficient (Wildman–Crippen LogP) is -0.209. The lowest BCUT2D eigenvalue weighted by atomic mass is 10.2. The summed E-state index contributed by atoms with van der Waals surface area (Å²) in [5, 5.41) is 3.26. The van der Waals surface area contributed by atoms with Crippen LogP contribution in [0.2, 0.25) is 0 Å². The van der Waals surface area contributed by atoms with E-state index in [4.69, 9.17) is 4.74 Å². The SMILES string of the molecule is O=S1(=O)CCCN1CCNCC1CCCO1. The van der Waals surface area contributed by atoms with Crippen LogP contribution in [0, 0.1) is 0 Å². The summed E-state index contributed by atoms with van der Waals surface area (Å²) < 4.78 is 30.0. The standard InChI is InChI=1S/C10H20N2O3S/c13-16(14)8-2-5-12(16)6-4-11-9-10-3-1-7-15-10/h10-11H,1-9H2. The van der Waals surface area contributed by atoms with Crippen molar-refractivity contribution in [2.75, 3.05) is 38.5 Å². The van der Waals surface area contributed by atoms with E-state index in [1.165, 1.54) is 0 Å². The Morgan fingerprint density at radius 1 is 1.38 bits per heavy atom. The zero-order chi connectivity index (χ0) is 11.4. The van der Waals surface area contributed by atoms with Gasteiger partial charge >= 0.3 is 0 Å². The zero-order valence-electron chi connectivity index (χ0n) is 9.52. The highest BCUT2D eigenvalue weighted by Gasteiger charge is 2.27. The molecule has 0 aromatic carbocycles. The van der Waals surface area contributed by atoms with Crippen LogP contribution in [0.3, 0.4) is 0 Å². The van der Waals surface area contributed by atoms with E-state index in [1.54, 1.807) is 4.31 Å². The third-order valence-corrected chi connectivity index (χ3v) is 5.09. The first-order valence-electron chi connectivity index (χ1n) is 5.99. The third-order valence-electron chi connectivity index (χ3n) is 3.14. The number of sulfonamides is 1. The van der Waals surface area contributed by atoms with Gasteiger partial charge in [0, 0.05) is 32.8 Å². The molecule has 0 spiro atoms. The van der Waals surface area contributed by atoms with Gasteiger partial charge < -0.3 is 10.1 Å². The summed E-state index contributed by atoms with van der Waals surface area (Å²) in [6.07, 6.45) is 3.37. The summed E-state index contributed by atoms with van der Waals surface area (Å²) in [7, 11) is -2.92. The lowest BCUT2D eigenvalue weighted by Gasteiger charge is -2.15. The molecule has 2 aliphatic rings. The molecule has 0 saturated carbocycles. The first kappa shape index (κ1) is 12.3. The van der Waals surface area contributed by atoms with Gasteiger partial charge in [-0.2, -0.15) is 0 Å². The lowest BCUT2D eigenvalue weighted by Crippen LogP contribution is -2.36. The Bertz CT molecular complexity index is 312. The Morgan fingerprint density at radius 3 is 2.88 bits per heavy atom. The quantitative estimate of drug-likeness (QED) is 0.684. The molecule has 0 amide bonds. The lowest BCUT2D eigenvalue weighted by molar-refractivity contribution is 0.110. The summed E-state index contributed by atoms with van der Waals surface area (Å²) >= 11 is 0. The average Bonchev–Trinajstić information content (AvgIpc) is 2.83. The molecule has 1 N–H and O–H groups in total. The Balaban J connectivity index is 1.61. The van der Waals surface area contributed by atoms with Crippen LogP contribution in [0.1, 0.15) is 19.3 Å². The number of rotatable bonds is 5. The molecule has 0 radical (unpaired) electrons. The maximum absolute atomic E-state index is 11.5. The van der Waals surface area contributed by atoms with E-state index in [9.17, 15) is 8.42 Å². The van der Waals surface area contributed by atoms with Gasteiger partial charge in [0.2, 0.25) is 10.0 Å². The molecule has 16 heavy (non-hydrogen) atoms. The van der Waals surface area contributed by atoms with Crippen LogP contribution in [-0.2, 0) is 14.8 Å². The van der Waals surface area contributed by atoms with Crippen molar-refractivity contribution >= 4 is 10.0 Å². The van der Waals surface area contributed by atoms with Crippen molar-refractivity contribution in [3.8, 4) is 0 Å². The first-order valence-corrected chi connectivity index (χ1v) is 7.59. The molecular weight excluding hydrogens is 228 g/mol. The summed E-state index contributed by atoms with van der Waals surface area (Å²) in [6.45, 7) is 3.71. The second kappa shape index (κ2) is 5.44. The van der Waals surface area contributed by atoms with Crippen LogP contribution < -0.4 is 5.32 Å². The fourth-order valence-electron chi connectivity index (χ4n) is 2.21. The molecule has 1 atom stereocenters. The molecule has 2 rings (SSSR count). The van der Waals surface area contributed by atoms with Crippen LogP contribution in [0.5, 0.6) is 0 Å². The van der Waals surface area contributed by atoms with Gasteiger partial charge in [-0.3, -0.25) is 0 Å². The average molecular weight is 248 g/mol. The molecule has 0 aromatic rings. The van der Waals surface area contributed by atoms with E-state index in [2.05, 4.69) is 5.32 Å². The smallest absolute Gasteiger partial charge is 0.214 e. The van der Waals surface area contributed by atoms with Gasteiger partial charge in [0.25, 0.3) is 0 Å². The van der Waals surface area contributed by atoms with Crippen LogP contribution in [-0.4, -0.2) is 57.4 Å². The Morgan fingerprint density at radius 2 is 2.25 bits per heavy atom. The number of ether oxygens (including phenoxy) is 1. The highest BCUT2D eigenvalue weighted by molar-refractivity contribution is 7.89. The molecular formula is C10H20N2O3S. The van der Waals surface area contributed by atoms with Gasteiger partial charge in [0.15, 0.2) is 0 Å². The van der Waals surface area contributed by atoms with E-state index in [0.717, 1.165) is 39.0 Å². The minimum absolute atomic E-state index is 0.318. The van der Waals surface area contributed by atoms with E-state index >= 15 is 0 Å². The van der Waals surface area contributed by atoms with E-state index in [1.807, 2.05) is 0 Å². The molecule has 2 saturated heterocycles. The second-order valence-electron chi connectivity index (χ2n) is 4.41. The van der Waals surface area contributed by atoms with Crippen LogP contribution >= 0.6 is 0 Å². The van der Waals surface area contributed by atoms with Crippen molar-refractivity contribution in [1.29, 1.82) is 0 Å². The molecule has 0 aromatic heterocycles. The number of hydrogen-bond acceptors (Lipinski definition) is 4. The largest absolute Gasteiger partial charge is 0.377 e. The molecule has 0 aliphatic carbocycles. The summed E-state index contributed by atoms with van der Waals surface area (Å²) in [6, 6.07) is 0.